The quantitative estimate of drug-likeness (QED) is 0.765. The van der Waals surface area contributed by atoms with Crippen molar-refractivity contribution in [1.82, 2.24) is 4.90 Å². The Morgan fingerprint density at radius 2 is 1.79 bits per heavy atom. The maximum absolute atomic E-state index is 12.4. The van der Waals surface area contributed by atoms with E-state index in [1.54, 1.807) is 0 Å². The molecule has 0 spiro atoms. The Morgan fingerprint density at radius 1 is 1.17 bits per heavy atom. The lowest BCUT2D eigenvalue weighted by molar-refractivity contribution is -0.120. The summed E-state index contributed by atoms with van der Waals surface area (Å²) in [5, 5.41) is 2.94. The number of carbonyl (C=O) groups excluding carboxylic acids is 1. The van der Waals surface area contributed by atoms with Crippen LogP contribution in [0.25, 0.3) is 0 Å². The molecule has 0 radical (unpaired) electrons. The van der Waals surface area contributed by atoms with Crippen molar-refractivity contribution in [2.24, 2.45) is 0 Å². The number of amides is 1. The number of halogens is 1. The molecule has 24 heavy (non-hydrogen) atoms. The minimum atomic E-state index is -0.236. The lowest BCUT2D eigenvalue weighted by Gasteiger charge is -2.24. The Balaban J connectivity index is 1.91. The summed E-state index contributed by atoms with van der Waals surface area (Å²) in [5.41, 5.74) is 1.94. The van der Waals surface area contributed by atoms with E-state index in [0.29, 0.717) is 13.2 Å². The molecule has 1 atom stereocenters. The van der Waals surface area contributed by atoms with Gasteiger partial charge in [-0.25, -0.2) is 0 Å². The topological polar surface area (TPSA) is 41.6 Å². The molecule has 0 aliphatic heterocycles. The van der Waals surface area contributed by atoms with Crippen molar-refractivity contribution in [3.63, 3.8) is 0 Å². The summed E-state index contributed by atoms with van der Waals surface area (Å²) in [6.07, 6.45) is 0. The van der Waals surface area contributed by atoms with E-state index in [2.05, 4.69) is 21.2 Å². The molecular weight excluding hydrogens is 368 g/mol. The molecule has 0 aliphatic carbocycles. The highest BCUT2D eigenvalue weighted by molar-refractivity contribution is 9.10. The zero-order chi connectivity index (χ0) is 17.5. The summed E-state index contributed by atoms with van der Waals surface area (Å²) in [4.78, 5) is 14.4. The van der Waals surface area contributed by atoms with E-state index in [0.717, 1.165) is 21.5 Å². The van der Waals surface area contributed by atoms with Gasteiger partial charge in [-0.3, -0.25) is 9.69 Å². The van der Waals surface area contributed by atoms with E-state index in [9.17, 15) is 4.79 Å². The van der Waals surface area contributed by atoms with Crippen molar-refractivity contribution < 1.29 is 9.53 Å². The second-order valence-corrected chi connectivity index (χ2v) is 6.58. The molecule has 0 unspecified atom stereocenters. The Labute approximate surface area is 151 Å². The van der Waals surface area contributed by atoms with Crippen LogP contribution in [0.5, 0.6) is 5.75 Å². The Hall–Kier alpha value is -1.85. The first-order valence-corrected chi connectivity index (χ1v) is 8.77. The van der Waals surface area contributed by atoms with Gasteiger partial charge in [0.15, 0.2) is 0 Å². The van der Waals surface area contributed by atoms with Crippen LogP contribution in [0.1, 0.15) is 19.4 Å². The second kappa shape index (κ2) is 8.85. The fraction of sp³-hybridized carbons (Fsp3) is 0.316. The molecule has 0 heterocycles. The predicted molar refractivity (Wildman–Crippen MR) is 101 cm³/mol. The first-order chi connectivity index (χ1) is 11.5. The largest absolute Gasteiger partial charge is 0.494 e. The summed E-state index contributed by atoms with van der Waals surface area (Å²) in [7, 11) is 1.95. The molecule has 0 saturated carbocycles. The molecule has 0 aliphatic rings. The number of rotatable bonds is 7. The standard InChI is InChI=1S/C19H23BrN2O2/c1-4-24-18-11-5-15(6-12-18)13-22(3)14(2)19(23)21-17-9-7-16(20)8-10-17/h5-12,14H,4,13H2,1-3H3,(H,21,23)/t14-/m1/s1. The third-order valence-corrected chi connectivity index (χ3v) is 4.35. The summed E-state index contributed by atoms with van der Waals surface area (Å²) in [5.74, 6) is 0.843. The molecule has 2 aromatic rings. The van der Waals surface area contributed by atoms with Gasteiger partial charge in [-0.15, -0.1) is 0 Å². The number of hydrogen-bond donors (Lipinski definition) is 1. The number of anilines is 1. The Bertz CT molecular complexity index is 656. The molecule has 1 amide bonds. The van der Waals surface area contributed by atoms with Crippen LogP contribution in [0.15, 0.2) is 53.0 Å². The van der Waals surface area contributed by atoms with Crippen molar-refractivity contribution in [2.45, 2.75) is 26.4 Å². The van der Waals surface area contributed by atoms with Gasteiger partial charge in [0.05, 0.1) is 12.6 Å². The summed E-state index contributed by atoms with van der Waals surface area (Å²) in [6.45, 7) is 5.23. The molecule has 5 heteroatoms. The van der Waals surface area contributed by atoms with Crippen LogP contribution in [0, 0.1) is 0 Å². The lowest BCUT2D eigenvalue weighted by Crippen LogP contribution is -2.39. The van der Waals surface area contributed by atoms with E-state index < -0.39 is 0 Å². The molecule has 4 nitrogen and oxygen atoms in total. The number of carbonyl (C=O) groups is 1. The Kier molecular flexibility index (Phi) is 6.82. The molecule has 1 N–H and O–H groups in total. The number of likely N-dealkylation sites (N-methyl/N-ethyl adjacent to an activating group) is 1. The van der Waals surface area contributed by atoms with Crippen molar-refractivity contribution in [3.05, 3.63) is 58.6 Å². The second-order valence-electron chi connectivity index (χ2n) is 5.66. The average molecular weight is 391 g/mol. The van der Waals surface area contributed by atoms with Crippen LogP contribution >= 0.6 is 15.9 Å². The van der Waals surface area contributed by atoms with Gasteiger partial charge in [-0.1, -0.05) is 28.1 Å². The van der Waals surface area contributed by atoms with Gasteiger partial charge >= 0.3 is 0 Å². The van der Waals surface area contributed by atoms with Crippen LogP contribution in [-0.2, 0) is 11.3 Å². The SMILES string of the molecule is CCOc1ccc(CN(C)[C@H](C)C(=O)Nc2ccc(Br)cc2)cc1. The van der Waals surface area contributed by atoms with Gasteiger partial charge in [0.25, 0.3) is 0 Å². The van der Waals surface area contributed by atoms with Crippen LogP contribution in [0.2, 0.25) is 0 Å². The molecule has 0 saturated heterocycles. The first kappa shape index (κ1) is 18.5. The summed E-state index contributed by atoms with van der Waals surface area (Å²) in [6, 6.07) is 15.3. The maximum Gasteiger partial charge on any atom is 0.241 e. The molecule has 0 aromatic heterocycles. The third-order valence-electron chi connectivity index (χ3n) is 3.82. The monoisotopic (exact) mass is 390 g/mol. The number of hydrogen-bond acceptors (Lipinski definition) is 3. The number of nitrogens with zero attached hydrogens (tertiary/aromatic N) is 1. The Morgan fingerprint density at radius 3 is 2.38 bits per heavy atom. The fourth-order valence-electron chi connectivity index (χ4n) is 2.26. The zero-order valence-corrected chi connectivity index (χ0v) is 15.8. The summed E-state index contributed by atoms with van der Waals surface area (Å²) >= 11 is 3.39. The summed E-state index contributed by atoms with van der Waals surface area (Å²) < 4.78 is 6.43. The highest BCUT2D eigenvalue weighted by Gasteiger charge is 2.18. The molecule has 0 fully saturated rings. The van der Waals surface area contributed by atoms with Crippen molar-refractivity contribution in [1.29, 1.82) is 0 Å². The van der Waals surface area contributed by atoms with Crippen LogP contribution in [0.4, 0.5) is 5.69 Å². The molecule has 128 valence electrons. The van der Waals surface area contributed by atoms with Crippen LogP contribution in [-0.4, -0.2) is 30.5 Å². The normalized spacial score (nSPS) is 12.0. The van der Waals surface area contributed by atoms with Crippen molar-refractivity contribution in [2.75, 3.05) is 19.0 Å². The number of ether oxygens (including phenoxy) is 1. The molecule has 2 aromatic carbocycles. The van der Waals surface area contributed by atoms with Gasteiger partial charge in [0, 0.05) is 16.7 Å². The number of benzene rings is 2. The predicted octanol–water partition coefficient (Wildman–Crippen LogP) is 4.31. The lowest BCUT2D eigenvalue weighted by atomic mass is 10.1. The maximum atomic E-state index is 12.4. The van der Waals surface area contributed by atoms with Crippen LogP contribution < -0.4 is 10.1 Å². The highest BCUT2D eigenvalue weighted by Crippen LogP contribution is 2.16. The van der Waals surface area contributed by atoms with Gasteiger partial charge < -0.3 is 10.1 Å². The van der Waals surface area contributed by atoms with E-state index in [1.165, 1.54) is 0 Å². The third kappa shape index (κ3) is 5.35. The van der Waals surface area contributed by atoms with Gasteiger partial charge in [0.2, 0.25) is 5.91 Å². The number of nitrogens with one attached hydrogen (secondary N) is 1. The van der Waals surface area contributed by atoms with Crippen molar-refractivity contribution in [3.8, 4) is 5.75 Å². The van der Waals surface area contributed by atoms with Gasteiger partial charge in [-0.2, -0.15) is 0 Å². The van der Waals surface area contributed by atoms with E-state index >= 15 is 0 Å². The smallest absolute Gasteiger partial charge is 0.241 e. The van der Waals surface area contributed by atoms with Gasteiger partial charge in [0.1, 0.15) is 5.75 Å². The first-order valence-electron chi connectivity index (χ1n) is 7.98. The van der Waals surface area contributed by atoms with Crippen LogP contribution in [0.3, 0.4) is 0 Å². The minimum Gasteiger partial charge on any atom is -0.494 e. The highest BCUT2D eigenvalue weighted by atomic mass is 79.9. The van der Waals surface area contributed by atoms with E-state index in [4.69, 9.17) is 4.74 Å². The van der Waals surface area contributed by atoms with E-state index in [1.807, 2.05) is 74.3 Å². The fourth-order valence-corrected chi connectivity index (χ4v) is 2.53. The molecule has 0 bridgehead atoms. The minimum absolute atomic E-state index is 0.0224. The molecular formula is C19H23BrN2O2. The van der Waals surface area contributed by atoms with E-state index in [-0.39, 0.29) is 11.9 Å². The molecule has 2 rings (SSSR count). The average Bonchev–Trinajstić information content (AvgIpc) is 2.58. The zero-order valence-electron chi connectivity index (χ0n) is 14.3. The van der Waals surface area contributed by atoms with Crippen molar-refractivity contribution >= 4 is 27.5 Å². The van der Waals surface area contributed by atoms with Gasteiger partial charge in [-0.05, 0) is 62.9 Å².